The SMILES string of the molecule is CCNC(=NCC(C)COCc1ccccc1)NCC(O)COCC1CC1. The van der Waals surface area contributed by atoms with Crippen LogP contribution >= 0.6 is 0 Å². The largest absolute Gasteiger partial charge is 0.389 e. The van der Waals surface area contributed by atoms with Crippen molar-refractivity contribution >= 4 is 5.96 Å². The van der Waals surface area contributed by atoms with Gasteiger partial charge in [0.2, 0.25) is 0 Å². The number of benzene rings is 1. The van der Waals surface area contributed by atoms with Crippen molar-refractivity contribution in [3.05, 3.63) is 35.9 Å². The lowest BCUT2D eigenvalue weighted by atomic mass is 10.2. The van der Waals surface area contributed by atoms with E-state index >= 15 is 0 Å². The lowest BCUT2D eigenvalue weighted by molar-refractivity contribution is 0.0345. The minimum atomic E-state index is -0.528. The molecule has 2 atom stereocenters. The molecular formula is C21H35N3O3. The summed E-state index contributed by atoms with van der Waals surface area (Å²) in [5.74, 6) is 1.75. The van der Waals surface area contributed by atoms with Crippen molar-refractivity contribution in [3.8, 4) is 0 Å². The van der Waals surface area contributed by atoms with Gasteiger partial charge in [-0.3, -0.25) is 4.99 Å². The van der Waals surface area contributed by atoms with Gasteiger partial charge in [0.15, 0.2) is 5.96 Å². The van der Waals surface area contributed by atoms with Crippen LogP contribution in [0.3, 0.4) is 0 Å². The van der Waals surface area contributed by atoms with Crippen LogP contribution in [0.15, 0.2) is 35.3 Å². The highest BCUT2D eigenvalue weighted by atomic mass is 16.5. The van der Waals surface area contributed by atoms with Gasteiger partial charge in [0.1, 0.15) is 0 Å². The summed E-state index contributed by atoms with van der Waals surface area (Å²) in [6, 6.07) is 10.2. The van der Waals surface area contributed by atoms with Gasteiger partial charge in [-0.2, -0.15) is 0 Å². The van der Waals surface area contributed by atoms with Gasteiger partial charge < -0.3 is 25.2 Å². The van der Waals surface area contributed by atoms with E-state index in [0.29, 0.717) is 44.8 Å². The zero-order valence-electron chi connectivity index (χ0n) is 16.7. The van der Waals surface area contributed by atoms with Crippen LogP contribution in [0, 0.1) is 11.8 Å². The molecule has 0 amide bonds. The fourth-order valence-corrected chi connectivity index (χ4v) is 2.52. The lowest BCUT2D eigenvalue weighted by Crippen LogP contribution is -2.42. The van der Waals surface area contributed by atoms with Crippen LogP contribution in [0.1, 0.15) is 32.3 Å². The fraction of sp³-hybridized carbons (Fsp3) is 0.667. The first-order valence-corrected chi connectivity index (χ1v) is 10.1. The molecule has 27 heavy (non-hydrogen) atoms. The van der Waals surface area contributed by atoms with Crippen LogP contribution < -0.4 is 10.6 Å². The summed E-state index contributed by atoms with van der Waals surface area (Å²) in [7, 11) is 0. The number of guanidine groups is 1. The molecule has 1 saturated carbocycles. The van der Waals surface area contributed by atoms with Crippen LogP contribution in [0.4, 0.5) is 0 Å². The number of nitrogens with one attached hydrogen (secondary N) is 2. The molecule has 6 nitrogen and oxygen atoms in total. The van der Waals surface area contributed by atoms with Crippen molar-refractivity contribution in [1.29, 1.82) is 0 Å². The van der Waals surface area contributed by atoms with Gasteiger partial charge in [-0.25, -0.2) is 0 Å². The summed E-state index contributed by atoms with van der Waals surface area (Å²) in [6.45, 7) is 8.44. The molecule has 0 aliphatic heterocycles. The van der Waals surface area contributed by atoms with E-state index in [1.807, 2.05) is 25.1 Å². The van der Waals surface area contributed by atoms with Crippen molar-refractivity contribution in [2.45, 2.75) is 39.4 Å². The van der Waals surface area contributed by atoms with Gasteiger partial charge >= 0.3 is 0 Å². The molecule has 1 aromatic carbocycles. The van der Waals surface area contributed by atoms with Crippen molar-refractivity contribution in [3.63, 3.8) is 0 Å². The number of aliphatic hydroxyl groups excluding tert-OH is 1. The van der Waals surface area contributed by atoms with Gasteiger partial charge in [-0.15, -0.1) is 0 Å². The summed E-state index contributed by atoms with van der Waals surface area (Å²) in [5, 5.41) is 16.4. The van der Waals surface area contributed by atoms with E-state index < -0.39 is 6.10 Å². The number of hydrogen-bond donors (Lipinski definition) is 3. The van der Waals surface area contributed by atoms with E-state index in [1.165, 1.54) is 18.4 Å². The molecule has 6 heteroatoms. The molecule has 2 unspecified atom stereocenters. The Kier molecular flexibility index (Phi) is 10.2. The number of aliphatic imine (C=N–C) groups is 1. The molecule has 0 spiro atoms. The van der Waals surface area contributed by atoms with Gasteiger partial charge in [0, 0.05) is 26.2 Å². The number of aliphatic hydroxyl groups is 1. The highest BCUT2D eigenvalue weighted by Crippen LogP contribution is 2.28. The first-order chi connectivity index (χ1) is 13.2. The molecule has 0 heterocycles. The second-order valence-corrected chi connectivity index (χ2v) is 7.34. The molecule has 152 valence electrons. The van der Waals surface area contributed by atoms with Crippen LogP contribution in [0.5, 0.6) is 0 Å². The molecular weight excluding hydrogens is 342 g/mol. The normalized spacial score (nSPS) is 16.8. The van der Waals surface area contributed by atoms with Gasteiger partial charge in [-0.1, -0.05) is 37.3 Å². The monoisotopic (exact) mass is 377 g/mol. The molecule has 0 bridgehead atoms. The molecule has 3 N–H and O–H groups in total. The maximum absolute atomic E-state index is 10.0. The summed E-state index contributed by atoms with van der Waals surface area (Å²) in [6.07, 6.45) is 2.00. The van der Waals surface area contributed by atoms with Gasteiger partial charge in [-0.05, 0) is 37.2 Å². The van der Waals surface area contributed by atoms with E-state index in [2.05, 4.69) is 34.7 Å². The predicted octanol–water partition coefficient (Wildman–Crippen LogP) is 2.18. The van der Waals surface area contributed by atoms with Crippen LogP contribution in [-0.4, -0.2) is 56.6 Å². The first kappa shape index (κ1) is 21.7. The third kappa shape index (κ3) is 10.3. The average Bonchev–Trinajstić information content (AvgIpc) is 3.49. The highest BCUT2D eigenvalue weighted by molar-refractivity contribution is 5.79. The molecule has 1 aliphatic rings. The number of nitrogens with zero attached hydrogens (tertiary/aromatic N) is 1. The van der Waals surface area contributed by atoms with Crippen molar-refractivity contribution in [1.82, 2.24) is 10.6 Å². The molecule has 0 aromatic heterocycles. The Morgan fingerprint density at radius 3 is 2.67 bits per heavy atom. The van der Waals surface area contributed by atoms with Crippen molar-refractivity contribution in [2.24, 2.45) is 16.8 Å². The van der Waals surface area contributed by atoms with E-state index in [1.54, 1.807) is 0 Å². The lowest BCUT2D eigenvalue weighted by Gasteiger charge is -2.16. The zero-order chi connectivity index (χ0) is 19.3. The Balaban J connectivity index is 1.61. The van der Waals surface area contributed by atoms with Crippen molar-refractivity contribution < 1.29 is 14.6 Å². The van der Waals surface area contributed by atoms with E-state index in [4.69, 9.17) is 9.47 Å². The standard InChI is InChI=1S/C21H35N3O3/c1-3-22-21(24-12-20(25)16-27-15-19-9-10-19)23-11-17(2)13-26-14-18-7-5-4-6-8-18/h4-8,17,19-20,25H,3,9-16H2,1-2H3,(H2,22,23,24). The molecule has 0 saturated heterocycles. The zero-order valence-corrected chi connectivity index (χ0v) is 16.7. The second kappa shape index (κ2) is 12.7. The molecule has 2 rings (SSSR count). The quantitative estimate of drug-likeness (QED) is 0.363. The Labute approximate surface area is 163 Å². The third-order valence-electron chi connectivity index (χ3n) is 4.29. The molecule has 1 fully saturated rings. The minimum absolute atomic E-state index is 0.316. The molecule has 0 radical (unpaired) electrons. The number of hydrogen-bond acceptors (Lipinski definition) is 4. The Morgan fingerprint density at radius 2 is 1.96 bits per heavy atom. The van der Waals surface area contributed by atoms with Gasteiger partial charge in [0.25, 0.3) is 0 Å². The van der Waals surface area contributed by atoms with E-state index in [-0.39, 0.29) is 0 Å². The Morgan fingerprint density at radius 1 is 1.19 bits per heavy atom. The number of ether oxygens (including phenoxy) is 2. The maximum atomic E-state index is 10.0. The van der Waals surface area contributed by atoms with E-state index in [9.17, 15) is 5.11 Å². The van der Waals surface area contributed by atoms with Gasteiger partial charge in [0.05, 0.1) is 25.9 Å². The average molecular weight is 378 g/mol. The minimum Gasteiger partial charge on any atom is -0.389 e. The Bertz CT molecular complexity index is 535. The number of rotatable bonds is 13. The van der Waals surface area contributed by atoms with E-state index in [0.717, 1.165) is 19.1 Å². The van der Waals surface area contributed by atoms with Crippen LogP contribution in [0.2, 0.25) is 0 Å². The molecule has 1 aromatic rings. The Hall–Kier alpha value is -1.63. The molecule has 1 aliphatic carbocycles. The fourth-order valence-electron chi connectivity index (χ4n) is 2.52. The summed E-state index contributed by atoms with van der Waals surface area (Å²) < 4.78 is 11.3. The maximum Gasteiger partial charge on any atom is 0.191 e. The summed E-state index contributed by atoms with van der Waals surface area (Å²) in [5.41, 5.74) is 1.18. The van der Waals surface area contributed by atoms with Crippen molar-refractivity contribution in [2.75, 3.05) is 39.5 Å². The highest BCUT2D eigenvalue weighted by Gasteiger charge is 2.21. The summed E-state index contributed by atoms with van der Waals surface area (Å²) in [4.78, 5) is 4.59. The topological polar surface area (TPSA) is 75.1 Å². The first-order valence-electron chi connectivity index (χ1n) is 10.1. The third-order valence-corrected chi connectivity index (χ3v) is 4.29. The van der Waals surface area contributed by atoms with Crippen LogP contribution in [-0.2, 0) is 16.1 Å². The second-order valence-electron chi connectivity index (χ2n) is 7.34. The predicted molar refractivity (Wildman–Crippen MR) is 109 cm³/mol. The van der Waals surface area contributed by atoms with Crippen LogP contribution in [0.25, 0.3) is 0 Å². The smallest absolute Gasteiger partial charge is 0.191 e. The summed E-state index contributed by atoms with van der Waals surface area (Å²) >= 11 is 0.